The number of benzene rings is 3. The van der Waals surface area contributed by atoms with E-state index in [9.17, 15) is 29.7 Å². The molecule has 404 valence electrons. The zero-order chi connectivity index (χ0) is 55.1. The quantitative estimate of drug-likeness (QED) is 0.0569. The average Bonchev–Trinajstić information content (AvgIpc) is 3.80. The van der Waals surface area contributed by atoms with Crippen LogP contribution in [0.4, 0.5) is 11.4 Å². The number of Topliss-reactive ketones (excluding diaryl/α,β-unsaturated/α-hetero) is 1. The molecule has 9 atom stereocenters. The minimum Gasteiger partial charge on any atom is -0.505 e. The Morgan fingerprint density at radius 3 is 2.34 bits per heavy atom. The van der Waals surface area contributed by atoms with E-state index in [1.165, 1.54) is 71.8 Å². The summed E-state index contributed by atoms with van der Waals surface area (Å²) in [6.45, 7) is 20.6. The molecule has 1 amide bonds. The first-order valence-corrected chi connectivity index (χ1v) is 25.4. The molecular formula is C56H66N6O14. The van der Waals surface area contributed by atoms with Crippen molar-refractivity contribution >= 4 is 56.9 Å². The number of aliphatic hydroxyl groups is 2. The van der Waals surface area contributed by atoms with Crippen molar-refractivity contribution in [2.24, 2.45) is 29.6 Å². The van der Waals surface area contributed by atoms with Gasteiger partial charge in [-0.1, -0.05) is 59.8 Å². The van der Waals surface area contributed by atoms with Crippen molar-refractivity contribution in [3.05, 3.63) is 93.9 Å². The minimum atomic E-state index is -2.18. The Balaban J connectivity index is 1.37. The van der Waals surface area contributed by atoms with Crippen LogP contribution in [-0.2, 0) is 23.8 Å². The summed E-state index contributed by atoms with van der Waals surface area (Å²) in [5, 5.41) is 37.2. The molecule has 8 rings (SSSR count). The normalized spacial score (nSPS) is 27.5. The second-order valence-corrected chi connectivity index (χ2v) is 20.7. The number of phenols is 1. The van der Waals surface area contributed by atoms with E-state index >= 15 is 9.59 Å². The number of hydrogen-bond acceptors (Lipinski definition) is 19. The first-order chi connectivity index (χ1) is 36.0. The van der Waals surface area contributed by atoms with E-state index in [0.717, 1.165) is 19.6 Å². The van der Waals surface area contributed by atoms with Gasteiger partial charge in [-0.05, 0) is 25.8 Å². The number of carbonyl (C=O) groups excluding carboxylic acids is 4. The van der Waals surface area contributed by atoms with Crippen LogP contribution in [0.1, 0.15) is 88.7 Å². The number of allylic oxidation sites excluding steroid dienone is 2. The number of phenolic OH excluding ortho intramolecular Hbond substituents is 1. The van der Waals surface area contributed by atoms with E-state index in [-0.39, 0.29) is 73.0 Å². The molecule has 9 unspecified atom stereocenters. The fourth-order valence-corrected chi connectivity index (χ4v) is 10.4. The van der Waals surface area contributed by atoms with Gasteiger partial charge in [-0.15, -0.1) is 0 Å². The molecular weight excluding hydrogens is 981 g/mol. The standard InChI is InChI=1S/C56H66N6O14/c1-27(2)26-61-18-20-62(21-19-61)35-23-37(64)43-39(24-35)74-52-44(59-43)40-41-48(67)45(52)60-54(69)29(4)14-12-13-28(3)46(65)31(6)47(66)32(7)49(73-34(9)63)30(5)38(71-11)15-22-72-56(10)53(68)42(40)51(76-56)33(8)50(41)75-55(70)36-25-57-16-17-58-36/h12-17,22-25,27-28,30-32,38,46-47,49,64-66H,18-21,26H2,1-11H3,(H,60,69)/b13-12+,22-15+,29-14-. The number of carbonyl (C=O) groups is 4. The number of nitrogens with zero attached hydrogens (tertiary/aromatic N) is 5. The Bertz CT molecular complexity index is 3180. The second kappa shape index (κ2) is 22.1. The zero-order valence-corrected chi connectivity index (χ0v) is 44.6. The second-order valence-electron chi connectivity index (χ2n) is 20.7. The largest absolute Gasteiger partial charge is 0.505 e. The maximum atomic E-state index is 15.5. The molecule has 0 saturated carbocycles. The third-order valence-electron chi connectivity index (χ3n) is 14.7. The fraction of sp³-hybridized carbons (Fsp3) is 0.464. The summed E-state index contributed by atoms with van der Waals surface area (Å²) in [4.78, 5) is 89.1. The summed E-state index contributed by atoms with van der Waals surface area (Å²) in [5.41, 5.74) is -1.29. The van der Waals surface area contributed by atoms with Crippen molar-refractivity contribution in [1.82, 2.24) is 19.9 Å². The Morgan fingerprint density at radius 1 is 0.961 bits per heavy atom. The van der Waals surface area contributed by atoms with Gasteiger partial charge in [0, 0.05) is 124 Å². The number of hydrogen-bond donors (Lipinski definition) is 4. The fourth-order valence-electron chi connectivity index (χ4n) is 10.4. The lowest BCUT2D eigenvalue weighted by atomic mass is 9.78. The summed E-state index contributed by atoms with van der Waals surface area (Å²) in [6.07, 6.45) is 7.06. The summed E-state index contributed by atoms with van der Waals surface area (Å²) in [6, 6.07) is 3.25. The first kappa shape index (κ1) is 55.0. The number of ether oxygens (including phenoxy) is 5. The summed E-state index contributed by atoms with van der Waals surface area (Å²) >= 11 is 0. The third kappa shape index (κ3) is 10.6. The molecule has 4 bridgehead atoms. The van der Waals surface area contributed by atoms with E-state index in [4.69, 9.17) is 33.1 Å². The number of methoxy groups -OCH3 is 1. The van der Waals surface area contributed by atoms with Crippen molar-refractivity contribution < 1.29 is 62.6 Å². The number of aromatic nitrogens is 3. The van der Waals surface area contributed by atoms with Crippen LogP contribution in [0.25, 0.3) is 33.3 Å². The van der Waals surface area contributed by atoms with Crippen LogP contribution >= 0.6 is 0 Å². The number of nitrogens with one attached hydrogen (secondary N) is 1. The summed E-state index contributed by atoms with van der Waals surface area (Å²) < 4.78 is 37.0. The number of esters is 2. The predicted octanol–water partition coefficient (Wildman–Crippen LogP) is 6.74. The van der Waals surface area contributed by atoms with Crippen LogP contribution in [0.5, 0.6) is 17.2 Å². The van der Waals surface area contributed by atoms with E-state index in [0.29, 0.717) is 24.7 Å². The van der Waals surface area contributed by atoms with Gasteiger partial charge < -0.3 is 53.6 Å². The summed E-state index contributed by atoms with van der Waals surface area (Å²) in [7, 11) is 1.43. The van der Waals surface area contributed by atoms with Gasteiger partial charge >= 0.3 is 17.7 Å². The average molecular weight is 1050 g/mol. The van der Waals surface area contributed by atoms with Crippen LogP contribution in [0.3, 0.4) is 0 Å². The number of amides is 1. The molecule has 0 radical (unpaired) electrons. The molecule has 5 heterocycles. The number of piperazine rings is 1. The number of ketones is 1. The molecule has 20 nitrogen and oxygen atoms in total. The Kier molecular flexibility index (Phi) is 16.0. The Morgan fingerprint density at radius 2 is 1.68 bits per heavy atom. The number of rotatable bonds is 7. The molecule has 1 aliphatic carbocycles. The predicted molar refractivity (Wildman–Crippen MR) is 281 cm³/mol. The molecule has 20 heteroatoms. The smallest absolute Gasteiger partial charge is 0.363 e. The Hall–Kier alpha value is -7.26. The van der Waals surface area contributed by atoms with E-state index in [1.54, 1.807) is 52.0 Å². The molecule has 1 fully saturated rings. The molecule has 4 N–H and O–H groups in total. The molecule has 76 heavy (non-hydrogen) atoms. The first-order valence-electron chi connectivity index (χ1n) is 25.4. The van der Waals surface area contributed by atoms with Crippen molar-refractivity contribution in [3.8, 4) is 28.7 Å². The SMILES string of the molecule is COC1/C=C/OC2(C)Oc3c(C)c(OC(=O)c4cnccn4)c4c(=O)c(c5oc6cc(N7CCN(CC(C)C)CC7)cc(O)c6nc-5c4c3C2=O)NC(=O)/C(C)=C\C=C\C(C)C(O)C(C)C(O)C(C)C(OC(C)=O)C1C. The van der Waals surface area contributed by atoms with E-state index in [2.05, 4.69) is 38.9 Å². The van der Waals surface area contributed by atoms with Crippen LogP contribution in [-0.4, -0.2) is 129 Å². The van der Waals surface area contributed by atoms with Crippen molar-refractivity contribution in [1.29, 1.82) is 0 Å². The van der Waals surface area contributed by atoms with Gasteiger partial charge in [-0.3, -0.25) is 29.1 Å². The van der Waals surface area contributed by atoms with Crippen LogP contribution in [0, 0.1) is 36.5 Å². The maximum absolute atomic E-state index is 15.5. The van der Waals surface area contributed by atoms with Crippen molar-refractivity contribution in [2.75, 3.05) is 50.1 Å². The highest BCUT2D eigenvalue weighted by molar-refractivity contribution is 6.23. The van der Waals surface area contributed by atoms with Gasteiger partial charge in [0.25, 0.3) is 11.7 Å². The lowest BCUT2D eigenvalue weighted by Crippen LogP contribution is -2.47. The molecule has 5 aliphatic rings. The number of aliphatic hydroxyl groups excluding tert-OH is 2. The van der Waals surface area contributed by atoms with Gasteiger partial charge in [0.15, 0.2) is 17.0 Å². The molecule has 2 aromatic carbocycles. The van der Waals surface area contributed by atoms with E-state index < -0.39 is 88.6 Å². The van der Waals surface area contributed by atoms with Crippen LogP contribution in [0.15, 0.2) is 76.1 Å². The number of aromatic hydroxyl groups is 1. The number of fused-ring (bicyclic) bond motifs is 2. The highest BCUT2D eigenvalue weighted by Crippen LogP contribution is 2.51. The van der Waals surface area contributed by atoms with E-state index in [1.807, 2.05) is 0 Å². The van der Waals surface area contributed by atoms with Gasteiger partial charge in [0.2, 0.25) is 5.43 Å². The third-order valence-corrected chi connectivity index (χ3v) is 14.7. The van der Waals surface area contributed by atoms with Crippen molar-refractivity contribution in [3.63, 3.8) is 0 Å². The Labute approximate surface area is 439 Å². The summed E-state index contributed by atoms with van der Waals surface area (Å²) in [5.74, 6) is -8.71. The van der Waals surface area contributed by atoms with Gasteiger partial charge in [0.05, 0.1) is 41.7 Å². The lowest BCUT2D eigenvalue weighted by molar-refractivity contribution is -0.160. The maximum Gasteiger partial charge on any atom is 0.363 e. The monoisotopic (exact) mass is 1050 g/mol. The zero-order valence-electron chi connectivity index (χ0n) is 44.6. The van der Waals surface area contributed by atoms with Crippen LogP contribution < -0.4 is 25.1 Å². The van der Waals surface area contributed by atoms with Crippen molar-refractivity contribution in [2.45, 2.75) is 99.4 Å². The highest BCUT2D eigenvalue weighted by Gasteiger charge is 2.50. The minimum absolute atomic E-state index is 0.00857. The van der Waals surface area contributed by atoms with Gasteiger partial charge in [0.1, 0.15) is 40.3 Å². The van der Waals surface area contributed by atoms with Gasteiger partial charge in [-0.25, -0.2) is 14.8 Å². The molecule has 1 saturated heterocycles. The molecule has 3 aromatic rings. The number of anilines is 2. The van der Waals surface area contributed by atoms with Gasteiger partial charge in [-0.2, -0.15) is 0 Å². The highest BCUT2D eigenvalue weighted by atomic mass is 16.7. The molecule has 1 aromatic heterocycles. The topological polar surface area (TPSA) is 263 Å². The van der Waals surface area contributed by atoms with Crippen LogP contribution in [0.2, 0.25) is 0 Å². The lowest BCUT2D eigenvalue weighted by Gasteiger charge is -2.38. The molecule has 0 spiro atoms. The molecule has 4 aliphatic heterocycles.